The molecule has 36 heavy (non-hydrogen) atoms. The average Bonchev–Trinajstić information content (AvgIpc) is 2.81. The van der Waals surface area contributed by atoms with Gasteiger partial charge in [-0.15, -0.1) is 0 Å². The Morgan fingerprint density at radius 2 is 1.97 bits per heavy atom. The van der Waals surface area contributed by atoms with Gasteiger partial charge in [0.15, 0.2) is 5.69 Å². The number of hydrogen-bond acceptors (Lipinski definition) is 8. The van der Waals surface area contributed by atoms with E-state index in [0.717, 1.165) is 32.4 Å². The fourth-order valence-corrected chi connectivity index (χ4v) is 5.74. The van der Waals surface area contributed by atoms with Crippen LogP contribution in [0.3, 0.4) is 0 Å². The van der Waals surface area contributed by atoms with E-state index < -0.39 is 68.8 Å². The van der Waals surface area contributed by atoms with Crippen molar-refractivity contribution in [2.24, 2.45) is 10.7 Å². The summed E-state index contributed by atoms with van der Waals surface area (Å²) >= 11 is 0. The number of rotatable bonds is 6. The van der Waals surface area contributed by atoms with Crippen molar-refractivity contribution in [3.8, 4) is 0 Å². The van der Waals surface area contributed by atoms with Gasteiger partial charge in [-0.1, -0.05) is 0 Å². The zero-order valence-corrected chi connectivity index (χ0v) is 19.9. The van der Waals surface area contributed by atoms with Gasteiger partial charge in [0, 0.05) is 25.4 Å². The Labute approximate surface area is 202 Å². The second-order valence-corrected chi connectivity index (χ2v) is 10.00. The number of guanidine groups is 1. The first-order chi connectivity index (χ1) is 16.7. The number of anilines is 1. The number of halogens is 5. The summed E-state index contributed by atoms with van der Waals surface area (Å²) in [5.41, 5.74) is 1.55. The van der Waals surface area contributed by atoms with Crippen LogP contribution in [0.4, 0.5) is 27.6 Å². The van der Waals surface area contributed by atoms with E-state index in [-0.39, 0.29) is 11.3 Å². The molecule has 0 saturated carbocycles. The summed E-state index contributed by atoms with van der Waals surface area (Å²) in [6, 6.07) is 3.08. The van der Waals surface area contributed by atoms with Crippen LogP contribution in [0.25, 0.3) is 0 Å². The molecule has 3 unspecified atom stereocenters. The highest BCUT2D eigenvalue weighted by molar-refractivity contribution is 7.90. The third kappa shape index (κ3) is 4.82. The fourth-order valence-electron chi connectivity index (χ4n) is 3.78. The second kappa shape index (κ2) is 9.57. The van der Waals surface area contributed by atoms with Gasteiger partial charge >= 0.3 is 6.18 Å². The molecule has 0 bridgehead atoms. The number of nitrogens with two attached hydrogens (primary N) is 1. The zero-order valence-electron chi connectivity index (χ0n) is 19.0. The van der Waals surface area contributed by atoms with Crippen LogP contribution in [0.1, 0.15) is 28.7 Å². The van der Waals surface area contributed by atoms with Gasteiger partial charge in [-0.3, -0.25) is 4.79 Å². The number of benzene rings is 1. The Bertz CT molecular complexity index is 1280. The lowest BCUT2D eigenvalue weighted by Gasteiger charge is -2.43. The highest BCUT2D eigenvalue weighted by Crippen LogP contribution is 2.42. The third-order valence-corrected chi connectivity index (χ3v) is 8.02. The van der Waals surface area contributed by atoms with E-state index in [1.165, 1.54) is 6.92 Å². The molecule has 1 aromatic carbocycles. The van der Waals surface area contributed by atoms with E-state index in [4.69, 9.17) is 10.5 Å². The maximum atomic E-state index is 15.0. The van der Waals surface area contributed by atoms with E-state index in [2.05, 4.69) is 20.3 Å². The Morgan fingerprint density at radius 3 is 2.50 bits per heavy atom. The molecule has 16 heteroatoms. The number of nitrogens with zero attached hydrogens (tertiary/aromatic N) is 4. The predicted molar refractivity (Wildman–Crippen MR) is 118 cm³/mol. The standard InChI is InChI=1S/C20H21F5N6O4S/c1-19(16(14(7-21)35-3)36(33,34)31(2)18(26)30-19)11-6-10(4-5-12(11)22)29-17(32)13-8-28-15(9-27-13)20(23,24)25/h4-6,8-9,14,16H,7H2,1-3H3,(H2,26,30)(H,29,32). The third-order valence-electron chi connectivity index (χ3n) is 5.66. The Balaban J connectivity index is 2.05. The molecule has 0 radical (unpaired) electrons. The number of carbonyl (C=O) groups is 1. The van der Waals surface area contributed by atoms with E-state index in [1.54, 1.807) is 0 Å². The lowest BCUT2D eigenvalue weighted by atomic mass is 9.85. The molecule has 3 rings (SSSR count). The Hall–Kier alpha value is -3.40. The maximum absolute atomic E-state index is 15.0. The molecule has 0 saturated heterocycles. The van der Waals surface area contributed by atoms with Crippen LogP contribution in [0.15, 0.2) is 35.6 Å². The summed E-state index contributed by atoms with van der Waals surface area (Å²) in [5, 5.41) is 0.567. The lowest BCUT2D eigenvalue weighted by Crippen LogP contribution is -2.61. The van der Waals surface area contributed by atoms with Gasteiger partial charge in [0.1, 0.15) is 35.1 Å². The normalized spacial score (nSPS) is 22.6. The summed E-state index contributed by atoms with van der Waals surface area (Å²) < 4.78 is 98.8. The molecule has 2 aromatic rings. The smallest absolute Gasteiger partial charge is 0.377 e. The number of sulfonamides is 1. The average molecular weight is 536 g/mol. The van der Waals surface area contributed by atoms with Gasteiger partial charge in [0.25, 0.3) is 5.91 Å². The van der Waals surface area contributed by atoms with Crippen molar-refractivity contribution < 1.29 is 39.9 Å². The highest BCUT2D eigenvalue weighted by atomic mass is 32.2. The van der Waals surface area contributed by atoms with Crippen molar-refractivity contribution in [2.45, 2.75) is 30.0 Å². The van der Waals surface area contributed by atoms with Gasteiger partial charge in [-0.2, -0.15) is 13.2 Å². The first kappa shape index (κ1) is 27.2. The molecule has 0 fully saturated rings. The van der Waals surface area contributed by atoms with Crippen molar-refractivity contribution in [3.05, 3.63) is 53.4 Å². The van der Waals surface area contributed by atoms with Crippen LogP contribution in [0, 0.1) is 5.82 Å². The summed E-state index contributed by atoms with van der Waals surface area (Å²) in [6.45, 7) is -0.0218. The van der Waals surface area contributed by atoms with Gasteiger partial charge in [0.05, 0.1) is 12.4 Å². The van der Waals surface area contributed by atoms with E-state index in [1.807, 2.05) is 0 Å². The summed E-state index contributed by atoms with van der Waals surface area (Å²) in [4.78, 5) is 23.2. The Morgan fingerprint density at radius 1 is 1.31 bits per heavy atom. The number of aliphatic imine (C=N–C) groups is 1. The van der Waals surface area contributed by atoms with Gasteiger partial charge in [-0.25, -0.2) is 36.5 Å². The van der Waals surface area contributed by atoms with Crippen molar-refractivity contribution in [3.63, 3.8) is 0 Å². The van der Waals surface area contributed by atoms with Gasteiger partial charge < -0.3 is 15.8 Å². The van der Waals surface area contributed by atoms with Crippen LogP contribution in [0.2, 0.25) is 0 Å². The Kier molecular flexibility index (Phi) is 7.23. The van der Waals surface area contributed by atoms with Crippen molar-refractivity contribution in [1.82, 2.24) is 14.3 Å². The minimum absolute atomic E-state index is 0.0858. The zero-order chi connectivity index (χ0) is 27.1. The number of hydrogen-bond donors (Lipinski definition) is 2. The number of amides is 1. The van der Waals surface area contributed by atoms with Crippen molar-refractivity contribution in [2.75, 3.05) is 26.1 Å². The molecule has 3 atom stereocenters. The van der Waals surface area contributed by atoms with Crippen LogP contribution in [-0.4, -0.2) is 66.7 Å². The molecular formula is C20H21F5N6O4S. The summed E-state index contributed by atoms with van der Waals surface area (Å²) in [5.74, 6) is -2.41. The van der Waals surface area contributed by atoms with Crippen LogP contribution in [0.5, 0.6) is 0 Å². The second-order valence-electron chi connectivity index (χ2n) is 7.91. The van der Waals surface area contributed by atoms with Gasteiger partial charge in [-0.05, 0) is 25.1 Å². The number of methoxy groups -OCH3 is 1. The molecule has 196 valence electrons. The molecular weight excluding hydrogens is 515 g/mol. The maximum Gasteiger partial charge on any atom is 0.434 e. The molecule has 1 amide bonds. The SMILES string of the molecule is COC(CF)C1C(C)(c2cc(NC(=O)c3cnc(C(F)(F)F)cn3)ccc2F)N=C(N)N(C)S1(=O)=O. The quantitative estimate of drug-likeness (QED) is 0.539. The lowest BCUT2D eigenvalue weighted by molar-refractivity contribution is -0.141. The monoisotopic (exact) mass is 536 g/mol. The van der Waals surface area contributed by atoms with E-state index >= 15 is 4.39 Å². The first-order valence-electron chi connectivity index (χ1n) is 10.1. The largest absolute Gasteiger partial charge is 0.434 e. The molecule has 1 aromatic heterocycles. The number of nitrogens with one attached hydrogen (secondary N) is 1. The van der Waals surface area contributed by atoms with E-state index in [9.17, 15) is 30.8 Å². The molecule has 0 spiro atoms. The minimum atomic E-state index is -4.75. The number of aromatic nitrogens is 2. The van der Waals surface area contributed by atoms with Crippen LogP contribution in [-0.2, 0) is 26.5 Å². The summed E-state index contributed by atoms with van der Waals surface area (Å²) in [7, 11) is -2.21. The molecule has 1 aliphatic rings. The predicted octanol–water partition coefficient (Wildman–Crippen LogP) is 2.04. The van der Waals surface area contributed by atoms with Crippen LogP contribution < -0.4 is 11.1 Å². The highest BCUT2D eigenvalue weighted by Gasteiger charge is 2.55. The van der Waals surface area contributed by atoms with E-state index in [0.29, 0.717) is 16.7 Å². The first-order valence-corrected chi connectivity index (χ1v) is 11.6. The topological polar surface area (TPSA) is 140 Å². The van der Waals surface area contributed by atoms with Gasteiger partial charge in [0.2, 0.25) is 16.0 Å². The molecule has 2 heterocycles. The van der Waals surface area contributed by atoms with Crippen molar-refractivity contribution in [1.29, 1.82) is 0 Å². The molecule has 0 aliphatic carbocycles. The summed E-state index contributed by atoms with van der Waals surface area (Å²) in [6.07, 6.45) is -5.33. The molecule has 10 nitrogen and oxygen atoms in total. The van der Waals surface area contributed by atoms with Crippen molar-refractivity contribution >= 4 is 27.6 Å². The minimum Gasteiger partial charge on any atom is -0.377 e. The number of ether oxygens (including phenoxy) is 1. The fraction of sp³-hybridized carbons (Fsp3) is 0.400. The molecule has 1 aliphatic heterocycles. The van der Waals surface area contributed by atoms with Crippen LogP contribution >= 0.6 is 0 Å². The number of alkyl halides is 4. The molecule has 3 N–H and O–H groups in total. The number of carbonyl (C=O) groups excluding carboxylic acids is 1.